The summed E-state index contributed by atoms with van der Waals surface area (Å²) in [6.07, 6.45) is 0. The largest absolute Gasteiger partial charge is 0.467 e. The van der Waals surface area contributed by atoms with Crippen LogP contribution >= 0.6 is 0 Å². The fourth-order valence-electron chi connectivity index (χ4n) is 1.45. The maximum absolute atomic E-state index is 13.5. The Kier molecular flexibility index (Phi) is 4.69. The average molecular weight is 293 g/mol. The van der Waals surface area contributed by atoms with Gasteiger partial charge in [0.15, 0.2) is 23.3 Å². The zero-order valence-corrected chi connectivity index (χ0v) is 10.8. The summed E-state index contributed by atoms with van der Waals surface area (Å²) in [5, 5.41) is 1.88. The van der Waals surface area contributed by atoms with Gasteiger partial charge in [0.05, 0.1) is 7.11 Å². The molecule has 1 aromatic carbocycles. The monoisotopic (exact) mass is 293 g/mol. The number of ether oxygens (including phenoxy) is 1. The molecule has 4 nitrogen and oxygen atoms in total. The SMILES string of the molecule is COC(=O)[C@H](C)NC(=O)c1c(F)c(F)c(C)c(F)c1F. The van der Waals surface area contributed by atoms with Gasteiger partial charge in [-0.05, 0) is 13.8 Å². The number of esters is 1. The van der Waals surface area contributed by atoms with E-state index in [1.807, 2.05) is 5.32 Å². The van der Waals surface area contributed by atoms with Gasteiger partial charge in [0.1, 0.15) is 11.6 Å². The Labute approximate surface area is 111 Å². The molecule has 1 rings (SSSR count). The summed E-state index contributed by atoms with van der Waals surface area (Å²) < 4.78 is 57.9. The zero-order chi connectivity index (χ0) is 15.6. The van der Waals surface area contributed by atoms with Gasteiger partial charge >= 0.3 is 5.97 Å². The van der Waals surface area contributed by atoms with Crippen LogP contribution in [-0.4, -0.2) is 25.0 Å². The van der Waals surface area contributed by atoms with E-state index in [4.69, 9.17) is 0 Å². The van der Waals surface area contributed by atoms with E-state index in [9.17, 15) is 27.2 Å². The van der Waals surface area contributed by atoms with Gasteiger partial charge in [-0.3, -0.25) is 4.79 Å². The first-order chi connectivity index (χ1) is 9.22. The van der Waals surface area contributed by atoms with Crippen LogP contribution in [0.3, 0.4) is 0 Å². The first-order valence-electron chi connectivity index (χ1n) is 5.43. The lowest BCUT2D eigenvalue weighted by Crippen LogP contribution is -2.40. The van der Waals surface area contributed by atoms with Crippen LogP contribution < -0.4 is 5.32 Å². The third kappa shape index (κ3) is 2.73. The Hall–Kier alpha value is -2.12. The summed E-state index contributed by atoms with van der Waals surface area (Å²) in [6.45, 7) is 2.01. The van der Waals surface area contributed by atoms with E-state index in [-0.39, 0.29) is 0 Å². The van der Waals surface area contributed by atoms with Crippen molar-refractivity contribution < 1.29 is 31.9 Å². The Morgan fingerprint density at radius 3 is 1.90 bits per heavy atom. The summed E-state index contributed by atoms with van der Waals surface area (Å²) >= 11 is 0. The minimum absolute atomic E-state index is 0.829. The Bertz CT molecular complexity index is 545. The van der Waals surface area contributed by atoms with Crippen molar-refractivity contribution in [2.75, 3.05) is 7.11 Å². The van der Waals surface area contributed by atoms with E-state index >= 15 is 0 Å². The van der Waals surface area contributed by atoms with Crippen LogP contribution in [0.15, 0.2) is 0 Å². The maximum atomic E-state index is 13.5. The summed E-state index contributed by atoms with van der Waals surface area (Å²) in [5.74, 6) is -9.32. The number of benzene rings is 1. The third-order valence-corrected chi connectivity index (χ3v) is 2.61. The van der Waals surface area contributed by atoms with Crippen LogP contribution in [0.1, 0.15) is 22.8 Å². The molecule has 1 amide bonds. The van der Waals surface area contributed by atoms with Crippen LogP contribution in [0, 0.1) is 30.2 Å². The first kappa shape index (κ1) is 15.9. The van der Waals surface area contributed by atoms with E-state index < -0.39 is 52.3 Å². The molecule has 0 unspecified atom stereocenters. The lowest BCUT2D eigenvalue weighted by molar-refractivity contribution is -0.142. The van der Waals surface area contributed by atoms with Gasteiger partial charge in [0.25, 0.3) is 5.91 Å². The fraction of sp³-hybridized carbons (Fsp3) is 0.333. The molecule has 0 aromatic heterocycles. The standard InChI is InChI=1S/C12H11F4NO3/c1-4-7(13)9(15)6(10(16)8(4)14)11(18)17-5(2)12(19)20-3/h5H,1-3H3,(H,17,18)/t5-/m0/s1. The van der Waals surface area contributed by atoms with Crippen molar-refractivity contribution >= 4 is 11.9 Å². The Balaban J connectivity index is 3.21. The number of carbonyl (C=O) groups excluding carboxylic acids is 2. The zero-order valence-electron chi connectivity index (χ0n) is 10.8. The third-order valence-electron chi connectivity index (χ3n) is 2.61. The molecule has 0 spiro atoms. The van der Waals surface area contributed by atoms with Gasteiger partial charge in [-0.1, -0.05) is 0 Å². The van der Waals surface area contributed by atoms with Crippen LogP contribution in [0.5, 0.6) is 0 Å². The number of carbonyl (C=O) groups is 2. The summed E-state index contributed by atoms with van der Waals surface area (Å²) in [6, 6.07) is -1.24. The van der Waals surface area contributed by atoms with Crippen molar-refractivity contribution in [1.82, 2.24) is 5.32 Å². The van der Waals surface area contributed by atoms with Gasteiger partial charge in [-0.15, -0.1) is 0 Å². The number of halogens is 4. The molecular formula is C12H11F4NO3. The smallest absolute Gasteiger partial charge is 0.328 e. The van der Waals surface area contributed by atoms with Gasteiger partial charge in [-0.25, -0.2) is 22.4 Å². The van der Waals surface area contributed by atoms with E-state index in [0.717, 1.165) is 14.0 Å². The van der Waals surface area contributed by atoms with Crippen molar-refractivity contribution in [2.45, 2.75) is 19.9 Å². The number of amides is 1. The number of methoxy groups -OCH3 is 1. The molecule has 0 saturated carbocycles. The van der Waals surface area contributed by atoms with Crippen molar-refractivity contribution in [3.8, 4) is 0 Å². The molecule has 0 heterocycles. The molecule has 20 heavy (non-hydrogen) atoms. The van der Waals surface area contributed by atoms with E-state index in [0.29, 0.717) is 0 Å². The molecule has 1 N–H and O–H groups in total. The second-order valence-electron chi connectivity index (χ2n) is 3.97. The lowest BCUT2D eigenvalue weighted by Gasteiger charge is -2.13. The van der Waals surface area contributed by atoms with Gasteiger partial charge < -0.3 is 10.1 Å². The van der Waals surface area contributed by atoms with Gasteiger partial charge in [0.2, 0.25) is 0 Å². The molecule has 0 aliphatic carbocycles. The van der Waals surface area contributed by atoms with Gasteiger partial charge in [-0.2, -0.15) is 0 Å². The number of nitrogens with one attached hydrogen (secondary N) is 1. The molecule has 0 radical (unpaired) electrons. The predicted molar refractivity (Wildman–Crippen MR) is 60.0 cm³/mol. The highest BCUT2D eigenvalue weighted by Gasteiger charge is 2.29. The second kappa shape index (κ2) is 5.89. The van der Waals surface area contributed by atoms with Crippen molar-refractivity contribution in [3.63, 3.8) is 0 Å². The quantitative estimate of drug-likeness (QED) is 0.525. The topological polar surface area (TPSA) is 55.4 Å². The van der Waals surface area contributed by atoms with Crippen LogP contribution in [0.25, 0.3) is 0 Å². The summed E-state index contributed by atoms with van der Waals surface area (Å²) in [4.78, 5) is 22.7. The van der Waals surface area contributed by atoms with Crippen LogP contribution in [0.2, 0.25) is 0 Å². The fourth-order valence-corrected chi connectivity index (χ4v) is 1.45. The molecule has 0 saturated heterocycles. The normalized spacial score (nSPS) is 11.9. The predicted octanol–water partition coefficient (Wildman–Crippen LogP) is 1.84. The second-order valence-corrected chi connectivity index (χ2v) is 3.97. The molecule has 0 fully saturated rings. The molecule has 1 atom stereocenters. The summed E-state index contributed by atoms with van der Waals surface area (Å²) in [7, 11) is 1.04. The minimum atomic E-state index is -1.82. The lowest BCUT2D eigenvalue weighted by atomic mass is 10.1. The first-order valence-corrected chi connectivity index (χ1v) is 5.43. The Morgan fingerprint density at radius 1 is 1.05 bits per heavy atom. The average Bonchev–Trinajstić information content (AvgIpc) is 2.42. The van der Waals surface area contributed by atoms with E-state index in [2.05, 4.69) is 4.74 Å². The highest BCUT2D eigenvalue weighted by Crippen LogP contribution is 2.23. The van der Waals surface area contributed by atoms with E-state index in [1.54, 1.807) is 0 Å². The number of hydrogen-bond acceptors (Lipinski definition) is 3. The number of hydrogen-bond donors (Lipinski definition) is 1. The molecule has 1 aromatic rings. The van der Waals surface area contributed by atoms with E-state index in [1.165, 1.54) is 6.92 Å². The van der Waals surface area contributed by atoms with Gasteiger partial charge in [0, 0.05) is 5.56 Å². The highest BCUT2D eigenvalue weighted by atomic mass is 19.2. The number of rotatable bonds is 3. The molecule has 0 bridgehead atoms. The molecule has 0 aliphatic rings. The maximum Gasteiger partial charge on any atom is 0.328 e. The minimum Gasteiger partial charge on any atom is -0.467 e. The summed E-state index contributed by atoms with van der Waals surface area (Å²) in [5.41, 5.74) is -2.31. The molecule has 110 valence electrons. The van der Waals surface area contributed by atoms with Crippen LogP contribution in [-0.2, 0) is 9.53 Å². The molecular weight excluding hydrogens is 282 g/mol. The van der Waals surface area contributed by atoms with Crippen molar-refractivity contribution in [3.05, 3.63) is 34.4 Å². The Morgan fingerprint density at radius 2 is 1.50 bits per heavy atom. The highest BCUT2D eigenvalue weighted by molar-refractivity contribution is 5.97. The van der Waals surface area contributed by atoms with Crippen molar-refractivity contribution in [2.24, 2.45) is 0 Å². The molecule has 8 heteroatoms. The van der Waals surface area contributed by atoms with Crippen LogP contribution in [0.4, 0.5) is 17.6 Å². The van der Waals surface area contributed by atoms with Crippen molar-refractivity contribution in [1.29, 1.82) is 0 Å². The molecule has 0 aliphatic heterocycles.